The van der Waals surface area contributed by atoms with Gasteiger partial charge in [0.2, 0.25) is 11.8 Å². The molecule has 2 rings (SSSR count). The second kappa shape index (κ2) is 8.64. The number of likely N-dealkylation sites (tertiary alicyclic amines) is 2. The Morgan fingerprint density at radius 2 is 1.57 bits per heavy atom. The molecular formula is C17H32N4O2. The van der Waals surface area contributed by atoms with E-state index in [0.717, 1.165) is 58.4 Å². The van der Waals surface area contributed by atoms with Gasteiger partial charge in [-0.05, 0) is 45.7 Å². The van der Waals surface area contributed by atoms with Gasteiger partial charge in [-0.15, -0.1) is 0 Å². The predicted molar refractivity (Wildman–Crippen MR) is 91.2 cm³/mol. The minimum Gasteiger partial charge on any atom is -0.352 e. The first-order valence-corrected chi connectivity index (χ1v) is 8.94. The highest BCUT2D eigenvalue weighted by molar-refractivity contribution is 5.73. The quantitative estimate of drug-likeness (QED) is 0.776. The van der Waals surface area contributed by atoms with E-state index >= 15 is 0 Å². The first-order chi connectivity index (χ1) is 10.9. The summed E-state index contributed by atoms with van der Waals surface area (Å²) in [6, 6.07) is 1.06. The summed E-state index contributed by atoms with van der Waals surface area (Å²) in [5.74, 6) is 0.137. The maximum Gasteiger partial charge on any atom is 0.217 e. The van der Waals surface area contributed by atoms with Crippen molar-refractivity contribution in [3.8, 4) is 0 Å². The Labute approximate surface area is 140 Å². The van der Waals surface area contributed by atoms with Gasteiger partial charge in [-0.1, -0.05) is 0 Å². The van der Waals surface area contributed by atoms with Crippen molar-refractivity contribution in [1.29, 1.82) is 0 Å². The van der Waals surface area contributed by atoms with Crippen LogP contribution in [0.4, 0.5) is 0 Å². The molecule has 6 heteroatoms. The molecule has 2 amide bonds. The average molecular weight is 324 g/mol. The lowest BCUT2D eigenvalue weighted by Gasteiger charge is -2.40. The zero-order valence-corrected chi connectivity index (χ0v) is 14.8. The van der Waals surface area contributed by atoms with Crippen LogP contribution >= 0.6 is 0 Å². The molecule has 0 aromatic rings. The number of rotatable bonds is 5. The van der Waals surface area contributed by atoms with Crippen molar-refractivity contribution < 1.29 is 9.59 Å². The monoisotopic (exact) mass is 324 g/mol. The van der Waals surface area contributed by atoms with Gasteiger partial charge in [-0.3, -0.25) is 19.4 Å². The fourth-order valence-electron chi connectivity index (χ4n) is 3.93. The van der Waals surface area contributed by atoms with Crippen LogP contribution in [0.1, 0.15) is 46.5 Å². The number of hydrogen-bond acceptors (Lipinski definition) is 4. The van der Waals surface area contributed by atoms with Crippen molar-refractivity contribution in [3.63, 3.8) is 0 Å². The topological polar surface area (TPSA) is 64.7 Å². The summed E-state index contributed by atoms with van der Waals surface area (Å²) < 4.78 is 0. The molecule has 0 aliphatic carbocycles. The van der Waals surface area contributed by atoms with Crippen LogP contribution in [0.5, 0.6) is 0 Å². The summed E-state index contributed by atoms with van der Waals surface area (Å²) in [4.78, 5) is 27.5. The van der Waals surface area contributed by atoms with Crippen LogP contribution in [0.2, 0.25) is 0 Å². The highest BCUT2D eigenvalue weighted by Crippen LogP contribution is 2.16. The molecule has 2 heterocycles. The van der Waals surface area contributed by atoms with E-state index in [0.29, 0.717) is 12.1 Å². The summed E-state index contributed by atoms with van der Waals surface area (Å²) in [7, 11) is 0. The van der Waals surface area contributed by atoms with Gasteiger partial charge in [-0.2, -0.15) is 0 Å². The van der Waals surface area contributed by atoms with E-state index in [1.54, 1.807) is 13.8 Å². The molecule has 0 spiro atoms. The van der Waals surface area contributed by atoms with E-state index < -0.39 is 0 Å². The first kappa shape index (κ1) is 18.2. The average Bonchev–Trinajstić information content (AvgIpc) is 2.46. The SMILES string of the molecule is CC(=O)NC1CCCN(CC(C)N2CCCC(NC(C)=O)C2)C1. The molecule has 2 aliphatic rings. The highest BCUT2D eigenvalue weighted by Gasteiger charge is 2.27. The number of piperidine rings is 2. The molecule has 132 valence electrons. The van der Waals surface area contributed by atoms with E-state index in [1.165, 1.54) is 0 Å². The molecule has 0 bridgehead atoms. The number of hydrogen-bond donors (Lipinski definition) is 2. The maximum absolute atomic E-state index is 11.3. The van der Waals surface area contributed by atoms with Crippen molar-refractivity contribution in [3.05, 3.63) is 0 Å². The number of amides is 2. The Morgan fingerprint density at radius 1 is 1.00 bits per heavy atom. The van der Waals surface area contributed by atoms with Crippen molar-refractivity contribution in [2.45, 2.75) is 64.6 Å². The molecule has 0 radical (unpaired) electrons. The summed E-state index contributed by atoms with van der Waals surface area (Å²) >= 11 is 0. The van der Waals surface area contributed by atoms with Crippen LogP contribution < -0.4 is 10.6 Å². The van der Waals surface area contributed by atoms with Gasteiger partial charge in [0.05, 0.1) is 0 Å². The van der Waals surface area contributed by atoms with Crippen LogP contribution in [0.25, 0.3) is 0 Å². The van der Waals surface area contributed by atoms with E-state index in [-0.39, 0.29) is 17.9 Å². The van der Waals surface area contributed by atoms with Gasteiger partial charge in [0.15, 0.2) is 0 Å². The fraction of sp³-hybridized carbons (Fsp3) is 0.882. The summed E-state index contributed by atoms with van der Waals surface area (Å²) in [5.41, 5.74) is 0. The molecule has 6 nitrogen and oxygen atoms in total. The van der Waals surface area contributed by atoms with Gasteiger partial charge < -0.3 is 10.6 Å². The number of carbonyl (C=O) groups is 2. The molecule has 2 fully saturated rings. The molecule has 2 aliphatic heterocycles. The molecule has 3 unspecified atom stereocenters. The Bertz CT molecular complexity index is 415. The Morgan fingerprint density at radius 3 is 2.17 bits per heavy atom. The second-order valence-electron chi connectivity index (χ2n) is 7.18. The van der Waals surface area contributed by atoms with Crippen LogP contribution in [0.15, 0.2) is 0 Å². The fourth-order valence-corrected chi connectivity index (χ4v) is 3.93. The van der Waals surface area contributed by atoms with Gasteiger partial charge >= 0.3 is 0 Å². The van der Waals surface area contributed by atoms with Gasteiger partial charge in [0.25, 0.3) is 0 Å². The minimum atomic E-state index is 0.0682. The number of nitrogens with zero attached hydrogens (tertiary/aromatic N) is 2. The normalized spacial score (nSPS) is 28.1. The van der Waals surface area contributed by atoms with Crippen molar-refractivity contribution in [1.82, 2.24) is 20.4 Å². The van der Waals surface area contributed by atoms with Gasteiger partial charge in [0, 0.05) is 51.6 Å². The van der Waals surface area contributed by atoms with E-state index in [1.807, 2.05) is 0 Å². The van der Waals surface area contributed by atoms with E-state index in [4.69, 9.17) is 0 Å². The summed E-state index contributed by atoms with van der Waals surface area (Å²) in [5, 5.41) is 6.11. The molecule has 0 aromatic heterocycles. The lowest BCUT2D eigenvalue weighted by Crippen LogP contribution is -2.54. The van der Waals surface area contributed by atoms with Crippen LogP contribution in [-0.2, 0) is 9.59 Å². The molecular weight excluding hydrogens is 292 g/mol. The molecule has 2 N–H and O–H groups in total. The largest absolute Gasteiger partial charge is 0.352 e. The molecule has 2 saturated heterocycles. The van der Waals surface area contributed by atoms with Crippen molar-refractivity contribution in [2.24, 2.45) is 0 Å². The smallest absolute Gasteiger partial charge is 0.217 e. The van der Waals surface area contributed by atoms with Crippen molar-refractivity contribution >= 4 is 11.8 Å². The number of carbonyl (C=O) groups excluding carboxylic acids is 2. The van der Waals surface area contributed by atoms with E-state index in [2.05, 4.69) is 27.4 Å². The van der Waals surface area contributed by atoms with Crippen molar-refractivity contribution in [2.75, 3.05) is 32.7 Å². The van der Waals surface area contributed by atoms with Gasteiger partial charge in [0.1, 0.15) is 0 Å². The second-order valence-corrected chi connectivity index (χ2v) is 7.18. The third kappa shape index (κ3) is 6.11. The Balaban J connectivity index is 1.79. The molecule has 3 atom stereocenters. The van der Waals surface area contributed by atoms with Crippen LogP contribution in [0.3, 0.4) is 0 Å². The highest BCUT2D eigenvalue weighted by atomic mass is 16.2. The third-order valence-electron chi connectivity index (χ3n) is 4.92. The first-order valence-electron chi connectivity index (χ1n) is 8.94. The third-order valence-corrected chi connectivity index (χ3v) is 4.92. The van der Waals surface area contributed by atoms with Crippen LogP contribution in [0, 0.1) is 0 Å². The van der Waals surface area contributed by atoms with Gasteiger partial charge in [-0.25, -0.2) is 0 Å². The molecule has 0 aromatic carbocycles. The number of nitrogens with one attached hydrogen (secondary N) is 2. The standard InChI is InChI=1S/C17H32N4O2/c1-13(21-9-5-7-17(12-21)19-15(3)23)10-20-8-4-6-16(11-20)18-14(2)22/h13,16-17H,4-12H2,1-3H3,(H,18,22)(H,19,23). The minimum absolute atomic E-state index is 0.0682. The lowest BCUT2D eigenvalue weighted by molar-refractivity contribution is -0.121. The summed E-state index contributed by atoms with van der Waals surface area (Å²) in [6.07, 6.45) is 4.45. The van der Waals surface area contributed by atoms with E-state index in [9.17, 15) is 9.59 Å². The lowest BCUT2D eigenvalue weighted by atomic mass is 10.0. The zero-order valence-electron chi connectivity index (χ0n) is 14.8. The Hall–Kier alpha value is -1.14. The molecule has 23 heavy (non-hydrogen) atoms. The predicted octanol–water partition coefficient (Wildman–Crippen LogP) is 0.576. The maximum atomic E-state index is 11.3. The Kier molecular flexibility index (Phi) is 6.84. The molecule has 0 saturated carbocycles. The zero-order chi connectivity index (χ0) is 16.8. The summed E-state index contributed by atoms with van der Waals surface area (Å²) in [6.45, 7) is 10.6. The van der Waals surface area contributed by atoms with Crippen LogP contribution in [-0.4, -0.2) is 72.5 Å².